The van der Waals surface area contributed by atoms with Crippen LogP contribution >= 0.6 is 15.9 Å². The minimum absolute atomic E-state index is 0.154. The summed E-state index contributed by atoms with van der Waals surface area (Å²) >= 11 is 3.40. The van der Waals surface area contributed by atoms with Crippen LogP contribution in [0.2, 0.25) is 0 Å². The molecular weight excluding hydrogens is 485 g/mol. The Morgan fingerprint density at radius 2 is 2.00 bits per heavy atom. The van der Waals surface area contributed by atoms with E-state index in [-0.39, 0.29) is 11.6 Å². The molecule has 2 heterocycles. The SMILES string of the molecule is CN(C(=O)O)C1CCN(c2ncc(C(=O)Nc3ccc(OC(F)(F)F)cc3)cc2Br)C1. The first-order chi connectivity index (χ1) is 14.5. The number of aromatic nitrogens is 1. The number of alkyl halides is 3. The van der Waals surface area contributed by atoms with Gasteiger partial charge in [-0.25, -0.2) is 9.78 Å². The van der Waals surface area contributed by atoms with Crippen LogP contribution in [-0.2, 0) is 0 Å². The lowest BCUT2D eigenvalue weighted by Crippen LogP contribution is -2.38. The Balaban J connectivity index is 1.64. The summed E-state index contributed by atoms with van der Waals surface area (Å²) in [6.45, 7) is 1.10. The van der Waals surface area contributed by atoms with E-state index < -0.39 is 24.1 Å². The van der Waals surface area contributed by atoms with Crippen molar-refractivity contribution in [3.05, 3.63) is 46.6 Å². The molecule has 0 aliphatic carbocycles. The number of nitrogens with one attached hydrogen (secondary N) is 1. The lowest BCUT2D eigenvalue weighted by atomic mass is 10.2. The van der Waals surface area contributed by atoms with Gasteiger partial charge < -0.3 is 25.0 Å². The zero-order valence-electron chi connectivity index (χ0n) is 16.2. The molecular formula is C19H18BrF3N4O4. The molecule has 0 saturated carbocycles. The molecule has 0 spiro atoms. The van der Waals surface area contributed by atoms with Gasteiger partial charge in [-0.05, 0) is 52.7 Å². The Kier molecular flexibility index (Phi) is 6.58. The number of rotatable bonds is 5. The Labute approximate surface area is 183 Å². The summed E-state index contributed by atoms with van der Waals surface area (Å²) in [6.07, 6.45) is -3.75. The maximum absolute atomic E-state index is 12.5. The number of anilines is 2. The third kappa shape index (κ3) is 5.78. The molecule has 2 amide bonds. The summed E-state index contributed by atoms with van der Waals surface area (Å²) < 4.78 is 41.0. The quantitative estimate of drug-likeness (QED) is 0.636. The van der Waals surface area contributed by atoms with Crippen molar-refractivity contribution >= 4 is 39.4 Å². The molecule has 31 heavy (non-hydrogen) atoms. The summed E-state index contributed by atoms with van der Waals surface area (Å²) in [5.74, 6) is -0.294. The van der Waals surface area contributed by atoms with Crippen molar-refractivity contribution < 1.29 is 32.6 Å². The van der Waals surface area contributed by atoms with Crippen LogP contribution < -0.4 is 15.0 Å². The van der Waals surface area contributed by atoms with Crippen molar-refractivity contribution in [3.63, 3.8) is 0 Å². The number of pyridine rings is 1. The first-order valence-electron chi connectivity index (χ1n) is 9.07. The highest BCUT2D eigenvalue weighted by molar-refractivity contribution is 9.10. The van der Waals surface area contributed by atoms with E-state index in [0.717, 1.165) is 12.1 Å². The molecule has 1 unspecified atom stereocenters. The zero-order chi connectivity index (χ0) is 22.8. The largest absolute Gasteiger partial charge is 0.573 e. The van der Waals surface area contributed by atoms with E-state index in [2.05, 4.69) is 31.0 Å². The van der Waals surface area contributed by atoms with Gasteiger partial charge in [-0.3, -0.25) is 4.79 Å². The zero-order valence-corrected chi connectivity index (χ0v) is 17.8. The van der Waals surface area contributed by atoms with Crippen molar-refractivity contribution in [1.29, 1.82) is 0 Å². The van der Waals surface area contributed by atoms with E-state index in [1.807, 2.05) is 4.90 Å². The molecule has 1 atom stereocenters. The Bertz CT molecular complexity index is 972. The maximum Gasteiger partial charge on any atom is 0.573 e. The molecule has 1 saturated heterocycles. The summed E-state index contributed by atoms with van der Waals surface area (Å²) in [6, 6.07) is 6.19. The topological polar surface area (TPSA) is 95.0 Å². The summed E-state index contributed by atoms with van der Waals surface area (Å²) in [5, 5.41) is 11.7. The monoisotopic (exact) mass is 502 g/mol. The Hall–Kier alpha value is -3.02. The van der Waals surface area contributed by atoms with Crippen LogP contribution in [-0.4, -0.2) is 59.5 Å². The lowest BCUT2D eigenvalue weighted by Gasteiger charge is -2.23. The van der Waals surface area contributed by atoms with Crippen LogP contribution in [0.4, 0.5) is 29.5 Å². The number of likely N-dealkylation sites (N-methyl/N-ethyl adjacent to an activating group) is 1. The Morgan fingerprint density at radius 3 is 2.58 bits per heavy atom. The molecule has 3 rings (SSSR count). The number of carbonyl (C=O) groups excluding carboxylic acids is 1. The third-order valence-electron chi connectivity index (χ3n) is 4.74. The van der Waals surface area contributed by atoms with Crippen molar-refractivity contribution in [2.24, 2.45) is 0 Å². The summed E-state index contributed by atoms with van der Waals surface area (Å²) in [5.41, 5.74) is 0.531. The number of carbonyl (C=O) groups is 2. The van der Waals surface area contributed by atoms with Gasteiger partial charge in [0.2, 0.25) is 0 Å². The molecule has 12 heteroatoms. The molecule has 2 N–H and O–H groups in total. The number of ether oxygens (including phenoxy) is 1. The molecule has 1 fully saturated rings. The van der Waals surface area contributed by atoms with Crippen molar-refractivity contribution in [3.8, 4) is 5.75 Å². The number of carboxylic acid groups (broad SMARTS) is 1. The lowest BCUT2D eigenvalue weighted by molar-refractivity contribution is -0.274. The highest BCUT2D eigenvalue weighted by Crippen LogP contribution is 2.29. The van der Waals surface area contributed by atoms with E-state index in [9.17, 15) is 22.8 Å². The van der Waals surface area contributed by atoms with Gasteiger partial charge in [0.1, 0.15) is 11.6 Å². The number of nitrogens with zero attached hydrogens (tertiary/aromatic N) is 3. The second-order valence-electron chi connectivity index (χ2n) is 6.84. The molecule has 0 bridgehead atoms. The predicted octanol–water partition coefficient (Wildman–Crippen LogP) is 4.18. The first kappa shape index (κ1) is 22.7. The number of hydrogen-bond acceptors (Lipinski definition) is 5. The van der Waals surface area contributed by atoms with E-state index in [4.69, 9.17) is 5.11 Å². The van der Waals surface area contributed by atoms with Crippen LogP contribution in [0, 0.1) is 0 Å². The number of amides is 2. The molecule has 166 valence electrons. The minimum Gasteiger partial charge on any atom is -0.465 e. The van der Waals surface area contributed by atoms with E-state index in [0.29, 0.717) is 35.5 Å². The van der Waals surface area contributed by atoms with Gasteiger partial charge in [-0.1, -0.05) is 0 Å². The summed E-state index contributed by atoms with van der Waals surface area (Å²) in [7, 11) is 1.52. The van der Waals surface area contributed by atoms with Crippen LogP contribution in [0.25, 0.3) is 0 Å². The van der Waals surface area contributed by atoms with Crippen LogP contribution in [0.15, 0.2) is 41.0 Å². The van der Waals surface area contributed by atoms with Gasteiger partial charge in [0, 0.05) is 32.0 Å². The smallest absolute Gasteiger partial charge is 0.465 e. The molecule has 1 aromatic heterocycles. The fourth-order valence-corrected chi connectivity index (χ4v) is 3.74. The molecule has 2 aromatic rings. The fraction of sp³-hybridized carbons (Fsp3) is 0.316. The number of benzene rings is 1. The number of halogens is 4. The van der Waals surface area contributed by atoms with Crippen molar-refractivity contribution in [2.45, 2.75) is 18.8 Å². The highest BCUT2D eigenvalue weighted by atomic mass is 79.9. The Morgan fingerprint density at radius 1 is 1.32 bits per heavy atom. The van der Waals surface area contributed by atoms with Crippen molar-refractivity contribution in [2.75, 3.05) is 30.4 Å². The maximum atomic E-state index is 12.5. The average Bonchev–Trinajstić information content (AvgIpc) is 3.17. The van der Waals surface area contributed by atoms with Crippen LogP contribution in [0.5, 0.6) is 5.75 Å². The normalized spacial score (nSPS) is 16.2. The van der Waals surface area contributed by atoms with Gasteiger partial charge in [0.05, 0.1) is 16.1 Å². The molecule has 1 aliphatic rings. The fourth-order valence-electron chi connectivity index (χ4n) is 3.14. The second-order valence-corrected chi connectivity index (χ2v) is 7.69. The minimum atomic E-state index is -4.79. The average molecular weight is 503 g/mol. The molecule has 1 aliphatic heterocycles. The molecule has 1 aromatic carbocycles. The number of hydrogen-bond donors (Lipinski definition) is 2. The van der Waals surface area contributed by atoms with Crippen molar-refractivity contribution in [1.82, 2.24) is 9.88 Å². The summed E-state index contributed by atoms with van der Waals surface area (Å²) in [4.78, 5) is 31.1. The van der Waals surface area contributed by atoms with E-state index >= 15 is 0 Å². The van der Waals surface area contributed by atoms with Gasteiger partial charge in [0.25, 0.3) is 5.91 Å². The standard InChI is InChI=1S/C19H18BrF3N4O4/c1-26(18(29)30)13-6-7-27(10-13)16-15(20)8-11(9-24-16)17(28)25-12-2-4-14(5-3-12)31-19(21,22)23/h2-5,8-9,13H,6-7,10H2,1H3,(H,25,28)(H,29,30). The predicted molar refractivity (Wildman–Crippen MR) is 109 cm³/mol. The van der Waals surface area contributed by atoms with Gasteiger partial charge in [-0.15, -0.1) is 13.2 Å². The molecule has 0 radical (unpaired) electrons. The molecule has 8 nitrogen and oxygen atoms in total. The van der Waals surface area contributed by atoms with Gasteiger partial charge in [0.15, 0.2) is 0 Å². The first-order valence-corrected chi connectivity index (χ1v) is 9.86. The van der Waals surface area contributed by atoms with Crippen LogP contribution in [0.3, 0.4) is 0 Å². The highest BCUT2D eigenvalue weighted by Gasteiger charge is 2.31. The van der Waals surface area contributed by atoms with E-state index in [1.54, 1.807) is 6.07 Å². The second kappa shape index (κ2) is 9.00. The van der Waals surface area contributed by atoms with Gasteiger partial charge in [-0.2, -0.15) is 0 Å². The van der Waals surface area contributed by atoms with Gasteiger partial charge >= 0.3 is 12.5 Å². The van der Waals surface area contributed by atoms with Crippen LogP contribution in [0.1, 0.15) is 16.8 Å². The van der Waals surface area contributed by atoms with E-state index in [1.165, 1.54) is 30.3 Å². The third-order valence-corrected chi connectivity index (χ3v) is 5.33.